The van der Waals surface area contributed by atoms with E-state index in [9.17, 15) is 9.59 Å². The Labute approximate surface area is 126 Å². The zero-order chi connectivity index (χ0) is 15.7. The molecule has 0 saturated heterocycles. The summed E-state index contributed by atoms with van der Waals surface area (Å²) in [6.45, 7) is 1.73. The van der Waals surface area contributed by atoms with Crippen molar-refractivity contribution in [2.24, 2.45) is 0 Å². The fourth-order valence-electron chi connectivity index (χ4n) is 2.34. The molecule has 0 radical (unpaired) electrons. The van der Waals surface area contributed by atoms with Gasteiger partial charge < -0.3 is 10.1 Å². The van der Waals surface area contributed by atoms with Gasteiger partial charge in [-0.25, -0.2) is 4.68 Å². The smallest absolute Gasteiger partial charge is 0.252 e. The van der Waals surface area contributed by atoms with Crippen LogP contribution < -0.4 is 15.4 Å². The summed E-state index contributed by atoms with van der Waals surface area (Å²) in [6, 6.07) is 6.39. The quantitative estimate of drug-likeness (QED) is 0.881. The number of fused-ring (bicyclic) bond motifs is 1. The van der Waals surface area contributed by atoms with Gasteiger partial charge in [0.2, 0.25) is 11.9 Å². The molecule has 1 atom stereocenters. The molecule has 1 aliphatic heterocycles. The lowest BCUT2D eigenvalue weighted by Crippen LogP contribution is -2.24. The number of rotatable bonds is 4. The molecule has 0 fully saturated rings. The lowest BCUT2D eigenvalue weighted by atomic mass is 10.2. The highest BCUT2D eigenvalue weighted by Gasteiger charge is 2.34. The molecule has 2 amide bonds. The second kappa shape index (κ2) is 5.47. The van der Waals surface area contributed by atoms with Crippen LogP contribution in [0.4, 0.5) is 11.6 Å². The first-order chi connectivity index (χ1) is 10.6. The third kappa shape index (κ3) is 2.50. The highest BCUT2D eigenvalue weighted by Crippen LogP contribution is 2.27. The van der Waals surface area contributed by atoms with Gasteiger partial charge in [-0.05, 0) is 19.1 Å². The summed E-state index contributed by atoms with van der Waals surface area (Å²) >= 11 is 0. The standard InChI is InChI=1S/C14H15N5O3/c1-8-15-14-17-13(21)10(19(14)18-8)7-12(20)16-9-5-3-4-6-11(9)22-2/h3-6,10H,7H2,1-2H3,(H,16,20)(H,15,17,18,21)/t10-/m0/s1. The molecular weight excluding hydrogens is 286 g/mol. The molecule has 0 saturated carbocycles. The van der Waals surface area contributed by atoms with Crippen LogP contribution >= 0.6 is 0 Å². The van der Waals surface area contributed by atoms with Crippen molar-refractivity contribution in [3.63, 3.8) is 0 Å². The van der Waals surface area contributed by atoms with Gasteiger partial charge in [-0.2, -0.15) is 10.1 Å². The Morgan fingerprint density at radius 1 is 1.45 bits per heavy atom. The van der Waals surface area contributed by atoms with Gasteiger partial charge in [0.25, 0.3) is 5.91 Å². The van der Waals surface area contributed by atoms with E-state index in [0.717, 1.165) is 0 Å². The number of nitrogens with zero attached hydrogens (tertiary/aromatic N) is 3. The average molecular weight is 301 g/mol. The number of carbonyl (C=O) groups excluding carboxylic acids is 2. The van der Waals surface area contributed by atoms with Crippen LogP contribution in [0.5, 0.6) is 5.75 Å². The van der Waals surface area contributed by atoms with Gasteiger partial charge >= 0.3 is 0 Å². The number of aryl methyl sites for hydroxylation is 1. The van der Waals surface area contributed by atoms with E-state index in [1.54, 1.807) is 25.1 Å². The predicted molar refractivity (Wildman–Crippen MR) is 78.7 cm³/mol. The number of methoxy groups -OCH3 is 1. The Morgan fingerprint density at radius 3 is 3.00 bits per heavy atom. The summed E-state index contributed by atoms with van der Waals surface area (Å²) in [5.41, 5.74) is 0.559. The van der Waals surface area contributed by atoms with Crippen molar-refractivity contribution in [2.75, 3.05) is 17.7 Å². The van der Waals surface area contributed by atoms with Crippen molar-refractivity contribution in [3.05, 3.63) is 30.1 Å². The highest BCUT2D eigenvalue weighted by atomic mass is 16.5. The van der Waals surface area contributed by atoms with Gasteiger partial charge in [0, 0.05) is 0 Å². The Hall–Kier alpha value is -2.90. The fourth-order valence-corrected chi connectivity index (χ4v) is 2.34. The minimum absolute atomic E-state index is 0.0281. The number of anilines is 2. The molecule has 1 aliphatic rings. The summed E-state index contributed by atoms with van der Waals surface area (Å²) < 4.78 is 6.62. The van der Waals surface area contributed by atoms with Crippen molar-refractivity contribution in [1.29, 1.82) is 0 Å². The van der Waals surface area contributed by atoms with Crippen LogP contribution in [0.1, 0.15) is 18.3 Å². The maximum atomic E-state index is 12.2. The van der Waals surface area contributed by atoms with Crippen LogP contribution in [0.3, 0.4) is 0 Å². The van der Waals surface area contributed by atoms with Crippen LogP contribution in [0.2, 0.25) is 0 Å². The average Bonchev–Trinajstić information content (AvgIpc) is 2.97. The lowest BCUT2D eigenvalue weighted by Gasteiger charge is -2.12. The number of benzene rings is 1. The number of hydrogen-bond acceptors (Lipinski definition) is 5. The zero-order valence-corrected chi connectivity index (χ0v) is 12.2. The van der Waals surface area contributed by atoms with Crippen LogP contribution in [0.25, 0.3) is 0 Å². The number of para-hydroxylation sites is 2. The van der Waals surface area contributed by atoms with Gasteiger partial charge in [0.1, 0.15) is 17.6 Å². The first-order valence-corrected chi connectivity index (χ1v) is 6.75. The second-order valence-corrected chi connectivity index (χ2v) is 4.88. The topological polar surface area (TPSA) is 98.1 Å². The molecule has 22 heavy (non-hydrogen) atoms. The van der Waals surface area contributed by atoms with Crippen molar-refractivity contribution < 1.29 is 14.3 Å². The molecule has 1 aromatic heterocycles. The molecule has 2 aromatic rings. The van der Waals surface area contributed by atoms with Crippen molar-refractivity contribution in [1.82, 2.24) is 14.8 Å². The molecule has 0 aliphatic carbocycles. The van der Waals surface area contributed by atoms with E-state index in [0.29, 0.717) is 23.2 Å². The van der Waals surface area contributed by atoms with E-state index in [1.807, 2.05) is 6.07 Å². The Bertz CT molecular complexity index is 740. The van der Waals surface area contributed by atoms with E-state index in [2.05, 4.69) is 20.7 Å². The lowest BCUT2D eigenvalue weighted by molar-refractivity contribution is -0.123. The van der Waals surface area contributed by atoms with E-state index in [4.69, 9.17) is 4.74 Å². The Morgan fingerprint density at radius 2 is 2.23 bits per heavy atom. The van der Waals surface area contributed by atoms with Crippen LogP contribution in [0.15, 0.2) is 24.3 Å². The maximum absolute atomic E-state index is 12.2. The number of carbonyl (C=O) groups is 2. The molecule has 0 spiro atoms. The second-order valence-electron chi connectivity index (χ2n) is 4.88. The third-order valence-corrected chi connectivity index (χ3v) is 3.33. The van der Waals surface area contributed by atoms with Crippen LogP contribution in [-0.2, 0) is 9.59 Å². The number of nitrogens with one attached hydrogen (secondary N) is 2. The van der Waals surface area contributed by atoms with Gasteiger partial charge in [-0.1, -0.05) is 12.1 Å². The predicted octanol–water partition coefficient (Wildman–Crippen LogP) is 1.12. The number of amides is 2. The number of hydrogen-bond donors (Lipinski definition) is 2. The number of aromatic nitrogens is 3. The van der Waals surface area contributed by atoms with Gasteiger partial charge in [0.05, 0.1) is 19.2 Å². The molecule has 1 aromatic carbocycles. The summed E-state index contributed by atoms with van der Waals surface area (Å²) in [7, 11) is 1.53. The normalized spacial score (nSPS) is 16.1. The SMILES string of the molecule is COc1ccccc1NC(=O)C[C@H]1C(=O)Nc2nc(C)nn21. The number of ether oxygens (including phenoxy) is 1. The van der Waals surface area contributed by atoms with Crippen molar-refractivity contribution >= 4 is 23.5 Å². The molecule has 0 bridgehead atoms. The maximum Gasteiger partial charge on any atom is 0.252 e. The summed E-state index contributed by atoms with van der Waals surface area (Å²) in [5, 5.41) is 9.48. The van der Waals surface area contributed by atoms with E-state index in [1.165, 1.54) is 11.8 Å². The summed E-state index contributed by atoms with van der Waals surface area (Å²) in [4.78, 5) is 28.2. The van der Waals surface area contributed by atoms with Crippen LogP contribution in [-0.4, -0.2) is 33.7 Å². The minimum Gasteiger partial charge on any atom is -0.495 e. The summed E-state index contributed by atoms with van der Waals surface area (Å²) in [5.74, 6) is 0.891. The molecule has 8 heteroatoms. The molecule has 114 valence electrons. The van der Waals surface area contributed by atoms with E-state index < -0.39 is 6.04 Å². The Kier molecular flexibility index (Phi) is 3.50. The molecular formula is C14H15N5O3. The van der Waals surface area contributed by atoms with Gasteiger partial charge in [-0.15, -0.1) is 0 Å². The largest absolute Gasteiger partial charge is 0.495 e. The molecule has 2 heterocycles. The third-order valence-electron chi connectivity index (χ3n) is 3.33. The minimum atomic E-state index is -0.689. The molecule has 3 rings (SSSR count). The first kappa shape index (κ1) is 14.1. The van der Waals surface area contributed by atoms with E-state index >= 15 is 0 Å². The zero-order valence-electron chi connectivity index (χ0n) is 12.2. The molecule has 2 N–H and O–H groups in total. The first-order valence-electron chi connectivity index (χ1n) is 6.75. The Balaban J connectivity index is 1.73. The van der Waals surface area contributed by atoms with Crippen LogP contribution in [0, 0.1) is 6.92 Å². The van der Waals surface area contributed by atoms with E-state index in [-0.39, 0.29) is 18.2 Å². The van der Waals surface area contributed by atoms with Crippen molar-refractivity contribution in [3.8, 4) is 5.75 Å². The molecule has 0 unspecified atom stereocenters. The molecule has 8 nitrogen and oxygen atoms in total. The monoisotopic (exact) mass is 301 g/mol. The summed E-state index contributed by atoms with van der Waals surface area (Å²) in [6.07, 6.45) is -0.0281. The van der Waals surface area contributed by atoms with Gasteiger partial charge in [-0.3, -0.25) is 14.9 Å². The van der Waals surface area contributed by atoms with Crippen molar-refractivity contribution in [2.45, 2.75) is 19.4 Å². The van der Waals surface area contributed by atoms with Gasteiger partial charge in [0.15, 0.2) is 0 Å². The fraction of sp³-hybridized carbons (Fsp3) is 0.286. The highest BCUT2D eigenvalue weighted by molar-refractivity contribution is 6.01.